The van der Waals surface area contributed by atoms with Gasteiger partial charge in [0.1, 0.15) is 5.78 Å². The van der Waals surface area contributed by atoms with E-state index >= 15 is 0 Å². The molecule has 0 amide bonds. The fraction of sp³-hybridized carbons (Fsp3) is 0.750. The van der Waals surface area contributed by atoms with Gasteiger partial charge in [0, 0.05) is 72.0 Å². The van der Waals surface area contributed by atoms with Crippen molar-refractivity contribution in [2.45, 2.75) is 20.0 Å². The Hall–Kier alpha value is -1.05. The maximum atomic E-state index is 11.6. The van der Waals surface area contributed by atoms with Crippen LogP contribution in [0.1, 0.15) is 13.8 Å². The first-order chi connectivity index (χ1) is 12.4. The molecular weight excluding hydrogens is 328 g/mol. The van der Waals surface area contributed by atoms with Gasteiger partial charge < -0.3 is 5.11 Å². The lowest BCUT2D eigenvalue weighted by molar-refractivity contribution is -0.118. The Labute approximate surface area is 159 Å². The molecule has 1 unspecified atom stereocenters. The number of hydrogen-bond acceptors (Lipinski definition) is 6. The van der Waals surface area contributed by atoms with Gasteiger partial charge in [0.15, 0.2) is 0 Å². The number of carbonyl (C=O) groups is 1. The maximum Gasteiger partial charge on any atom is 0.143 e. The Morgan fingerprint density at radius 3 is 1.62 bits per heavy atom. The third-order valence-corrected chi connectivity index (χ3v) is 4.67. The molecule has 0 aromatic rings. The molecule has 0 saturated carbocycles. The highest BCUT2D eigenvalue weighted by Gasteiger charge is 2.17. The number of ketones is 1. The number of Topliss-reactive ketones (excluding diaryl/α,β-unsaturated/α-hetero) is 1. The Morgan fingerprint density at radius 1 is 0.885 bits per heavy atom. The van der Waals surface area contributed by atoms with Crippen LogP contribution in [0.5, 0.6) is 0 Å². The van der Waals surface area contributed by atoms with Crippen molar-refractivity contribution in [3.05, 3.63) is 25.3 Å². The van der Waals surface area contributed by atoms with Crippen molar-refractivity contribution in [1.29, 1.82) is 0 Å². The van der Waals surface area contributed by atoms with E-state index in [1.807, 2.05) is 19.1 Å². The molecule has 1 N–H and O–H groups in total. The molecule has 0 aromatic heterocycles. The Morgan fingerprint density at radius 2 is 1.27 bits per heavy atom. The van der Waals surface area contributed by atoms with Gasteiger partial charge in [0.25, 0.3) is 0 Å². The van der Waals surface area contributed by atoms with E-state index in [9.17, 15) is 9.90 Å². The first-order valence-electron chi connectivity index (χ1n) is 9.73. The van der Waals surface area contributed by atoms with Crippen molar-refractivity contribution in [3.63, 3.8) is 0 Å². The zero-order chi connectivity index (χ0) is 19.4. The number of nitrogens with zero attached hydrogens (tertiary/aromatic N) is 4. The first-order valence-corrected chi connectivity index (χ1v) is 9.73. The van der Waals surface area contributed by atoms with Gasteiger partial charge in [-0.25, -0.2) is 0 Å². The van der Waals surface area contributed by atoms with Crippen LogP contribution in [0.25, 0.3) is 0 Å². The first kappa shape index (κ1) is 23.0. The average Bonchev–Trinajstić information content (AvgIpc) is 2.56. The van der Waals surface area contributed by atoms with Crippen molar-refractivity contribution in [3.8, 4) is 0 Å². The van der Waals surface area contributed by atoms with Crippen molar-refractivity contribution in [2.24, 2.45) is 0 Å². The standard InChI is InChI=1S/C20H38N4O2/c1-5-7-21-9-10-22(8-6-2)12-14-24(18-20(4)26)16-15-23(13-11-21)17-19(3)25/h5-6,19,25H,1-2,7-18H2,3-4H3. The third kappa shape index (κ3) is 10.2. The Balaban J connectivity index is 2.81. The van der Waals surface area contributed by atoms with Crippen LogP contribution in [-0.4, -0.2) is 115 Å². The molecule has 150 valence electrons. The topological polar surface area (TPSA) is 50.3 Å². The van der Waals surface area contributed by atoms with Gasteiger partial charge in [0.05, 0.1) is 12.6 Å². The highest BCUT2D eigenvalue weighted by atomic mass is 16.3. The van der Waals surface area contributed by atoms with Crippen LogP contribution in [0.15, 0.2) is 25.3 Å². The molecule has 0 aliphatic carbocycles. The minimum atomic E-state index is -0.347. The number of aliphatic hydroxyl groups excluding tert-OH is 1. The fourth-order valence-electron chi connectivity index (χ4n) is 3.34. The molecule has 1 saturated heterocycles. The fourth-order valence-corrected chi connectivity index (χ4v) is 3.34. The van der Waals surface area contributed by atoms with Crippen LogP contribution in [0.2, 0.25) is 0 Å². The second-order valence-electron chi connectivity index (χ2n) is 7.31. The molecule has 1 rings (SSSR count). The summed E-state index contributed by atoms with van der Waals surface area (Å²) < 4.78 is 0. The molecule has 6 heteroatoms. The minimum absolute atomic E-state index is 0.201. The monoisotopic (exact) mass is 366 g/mol. The summed E-state index contributed by atoms with van der Waals surface area (Å²) in [6.07, 6.45) is 3.56. The Kier molecular flexibility index (Phi) is 11.6. The van der Waals surface area contributed by atoms with Gasteiger partial charge in [0.2, 0.25) is 0 Å². The SMILES string of the molecule is C=CCN1CCN(CC=C)CCN(CC(C)O)CCN(CC(C)=O)CC1. The van der Waals surface area contributed by atoms with Crippen molar-refractivity contribution >= 4 is 5.78 Å². The van der Waals surface area contributed by atoms with E-state index in [1.165, 1.54) is 0 Å². The van der Waals surface area contributed by atoms with Crippen molar-refractivity contribution in [2.75, 3.05) is 78.5 Å². The summed E-state index contributed by atoms with van der Waals surface area (Å²) in [6, 6.07) is 0. The normalized spacial score (nSPS) is 21.5. The molecule has 1 fully saturated rings. The molecule has 1 heterocycles. The summed E-state index contributed by atoms with van der Waals surface area (Å²) in [7, 11) is 0. The summed E-state index contributed by atoms with van der Waals surface area (Å²) in [5.41, 5.74) is 0. The smallest absolute Gasteiger partial charge is 0.143 e. The average molecular weight is 367 g/mol. The maximum absolute atomic E-state index is 11.6. The van der Waals surface area contributed by atoms with Crippen LogP contribution >= 0.6 is 0 Å². The molecule has 0 spiro atoms. The summed E-state index contributed by atoms with van der Waals surface area (Å²) in [5, 5.41) is 9.81. The zero-order valence-electron chi connectivity index (χ0n) is 16.8. The van der Waals surface area contributed by atoms with Gasteiger partial charge in [-0.15, -0.1) is 13.2 Å². The largest absolute Gasteiger partial charge is 0.392 e. The van der Waals surface area contributed by atoms with Gasteiger partial charge in [-0.3, -0.25) is 24.4 Å². The van der Waals surface area contributed by atoms with Gasteiger partial charge in [-0.2, -0.15) is 0 Å². The van der Waals surface area contributed by atoms with Crippen molar-refractivity contribution < 1.29 is 9.90 Å². The van der Waals surface area contributed by atoms with Crippen LogP contribution in [0, 0.1) is 0 Å². The predicted molar refractivity (Wildman–Crippen MR) is 109 cm³/mol. The molecule has 6 nitrogen and oxygen atoms in total. The Bertz CT molecular complexity index is 428. The van der Waals surface area contributed by atoms with E-state index in [1.54, 1.807) is 6.92 Å². The number of hydrogen-bond donors (Lipinski definition) is 1. The molecule has 1 aliphatic rings. The second-order valence-corrected chi connectivity index (χ2v) is 7.31. The summed E-state index contributed by atoms with van der Waals surface area (Å²) in [5.74, 6) is 0.201. The lowest BCUT2D eigenvalue weighted by atomic mass is 10.3. The second kappa shape index (κ2) is 13.2. The molecule has 26 heavy (non-hydrogen) atoms. The van der Waals surface area contributed by atoms with E-state index in [2.05, 4.69) is 32.8 Å². The van der Waals surface area contributed by atoms with E-state index in [4.69, 9.17) is 0 Å². The molecule has 0 radical (unpaired) electrons. The molecular formula is C20H38N4O2. The van der Waals surface area contributed by atoms with Crippen LogP contribution in [0.3, 0.4) is 0 Å². The third-order valence-electron chi connectivity index (χ3n) is 4.67. The number of β-amino-alcohol motifs (C(OH)–C–C–N with tert-alkyl or cyclic N) is 1. The molecule has 0 aromatic carbocycles. The molecule has 0 bridgehead atoms. The van der Waals surface area contributed by atoms with Crippen LogP contribution < -0.4 is 0 Å². The highest BCUT2D eigenvalue weighted by Crippen LogP contribution is 2.02. The number of carbonyl (C=O) groups excluding carboxylic acids is 1. The summed E-state index contributed by atoms with van der Waals surface area (Å²) >= 11 is 0. The van der Waals surface area contributed by atoms with Crippen molar-refractivity contribution in [1.82, 2.24) is 19.6 Å². The summed E-state index contributed by atoms with van der Waals surface area (Å²) in [6.45, 7) is 21.5. The zero-order valence-corrected chi connectivity index (χ0v) is 16.8. The summed E-state index contributed by atoms with van der Waals surface area (Å²) in [4.78, 5) is 21.0. The van der Waals surface area contributed by atoms with Crippen LogP contribution in [0.4, 0.5) is 0 Å². The molecule has 1 atom stereocenters. The van der Waals surface area contributed by atoms with E-state index in [0.29, 0.717) is 13.1 Å². The minimum Gasteiger partial charge on any atom is -0.392 e. The lowest BCUT2D eigenvalue weighted by Gasteiger charge is -2.34. The number of rotatable bonds is 8. The van der Waals surface area contributed by atoms with Gasteiger partial charge >= 0.3 is 0 Å². The quantitative estimate of drug-likeness (QED) is 0.633. The van der Waals surface area contributed by atoms with Gasteiger partial charge in [-0.05, 0) is 13.8 Å². The molecule has 1 aliphatic heterocycles. The lowest BCUT2D eigenvalue weighted by Crippen LogP contribution is -2.47. The van der Waals surface area contributed by atoms with E-state index in [-0.39, 0.29) is 11.9 Å². The predicted octanol–water partition coefficient (Wildman–Crippen LogP) is 0.550. The van der Waals surface area contributed by atoms with E-state index < -0.39 is 0 Å². The van der Waals surface area contributed by atoms with Gasteiger partial charge in [-0.1, -0.05) is 12.2 Å². The van der Waals surface area contributed by atoms with E-state index in [0.717, 1.165) is 65.4 Å². The highest BCUT2D eigenvalue weighted by molar-refractivity contribution is 5.77. The van der Waals surface area contributed by atoms with Crippen LogP contribution in [-0.2, 0) is 4.79 Å². The number of aliphatic hydroxyl groups is 1.